The second-order valence-corrected chi connectivity index (χ2v) is 6.09. The zero-order valence-electron chi connectivity index (χ0n) is 12.4. The molecule has 0 spiro atoms. The number of nitrogens with one attached hydrogen (secondary N) is 1. The second kappa shape index (κ2) is 7.10. The quantitative estimate of drug-likeness (QED) is 0.557. The molecule has 110 valence electrons. The van der Waals surface area contributed by atoms with E-state index in [1.165, 1.54) is 19.3 Å². The molecule has 0 radical (unpaired) electrons. The predicted molar refractivity (Wildman–Crippen MR) is 80.4 cm³/mol. The molecular weight excluding hydrogens is 238 g/mol. The molecule has 2 fully saturated rings. The van der Waals surface area contributed by atoms with Gasteiger partial charge in [0.15, 0.2) is 5.96 Å². The van der Waals surface area contributed by atoms with Crippen molar-refractivity contribution in [1.29, 1.82) is 0 Å². The first kappa shape index (κ1) is 14.6. The number of piperazine rings is 1. The molecule has 0 aromatic heterocycles. The molecule has 1 saturated heterocycles. The van der Waals surface area contributed by atoms with Crippen LogP contribution in [-0.4, -0.2) is 68.1 Å². The average Bonchev–Trinajstić information content (AvgIpc) is 2.35. The van der Waals surface area contributed by atoms with Crippen LogP contribution in [0.2, 0.25) is 0 Å². The Labute approximate surface area is 117 Å². The number of hydrogen-bond donors (Lipinski definition) is 2. The largest absolute Gasteiger partial charge is 0.370 e. The van der Waals surface area contributed by atoms with Crippen molar-refractivity contribution in [3.05, 3.63) is 0 Å². The Morgan fingerprint density at radius 1 is 1.32 bits per heavy atom. The molecule has 19 heavy (non-hydrogen) atoms. The second-order valence-electron chi connectivity index (χ2n) is 6.09. The summed E-state index contributed by atoms with van der Waals surface area (Å²) in [6, 6.07) is 0.484. The minimum atomic E-state index is 0.484. The van der Waals surface area contributed by atoms with Gasteiger partial charge in [-0.05, 0) is 32.7 Å². The van der Waals surface area contributed by atoms with Crippen molar-refractivity contribution in [2.24, 2.45) is 16.6 Å². The van der Waals surface area contributed by atoms with Crippen molar-refractivity contribution in [3.8, 4) is 0 Å². The van der Waals surface area contributed by atoms with Crippen LogP contribution in [0.4, 0.5) is 0 Å². The van der Waals surface area contributed by atoms with Gasteiger partial charge in [-0.15, -0.1) is 0 Å². The van der Waals surface area contributed by atoms with Gasteiger partial charge in [0, 0.05) is 38.8 Å². The number of hydrogen-bond acceptors (Lipinski definition) is 3. The summed E-state index contributed by atoms with van der Waals surface area (Å²) >= 11 is 0. The van der Waals surface area contributed by atoms with Crippen LogP contribution in [0.25, 0.3) is 0 Å². The molecule has 1 aliphatic heterocycles. The third-order valence-corrected chi connectivity index (χ3v) is 4.48. The number of nitrogens with zero attached hydrogens (tertiary/aromatic N) is 3. The van der Waals surface area contributed by atoms with Crippen molar-refractivity contribution in [2.75, 3.05) is 46.3 Å². The van der Waals surface area contributed by atoms with Crippen molar-refractivity contribution in [3.63, 3.8) is 0 Å². The number of nitrogens with two attached hydrogens (primary N) is 1. The fourth-order valence-electron chi connectivity index (χ4n) is 2.61. The molecular formula is C14H29N5. The molecule has 1 unspecified atom stereocenters. The van der Waals surface area contributed by atoms with Gasteiger partial charge in [0.2, 0.25) is 0 Å². The summed E-state index contributed by atoms with van der Waals surface area (Å²) in [5.74, 6) is 1.44. The van der Waals surface area contributed by atoms with Crippen LogP contribution in [0.5, 0.6) is 0 Å². The molecule has 2 aliphatic rings. The first-order valence-electron chi connectivity index (χ1n) is 7.61. The zero-order chi connectivity index (χ0) is 13.7. The first-order chi connectivity index (χ1) is 9.15. The smallest absolute Gasteiger partial charge is 0.188 e. The third-order valence-electron chi connectivity index (χ3n) is 4.48. The third kappa shape index (κ3) is 4.66. The van der Waals surface area contributed by atoms with E-state index in [1.54, 1.807) is 0 Å². The molecule has 5 nitrogen and oxygen atoms in total. The van der Waals surface area contributed by atoms with E-state index >= 15 is 0 Å². The maximum atomic E-state index is 5.91. The fourth-order valence-corrected chi connectivity index (χ4v) is 2.61. The molecule has 0 aromatic rings. The van der Waals surface area contributed by atoms with Crippen molar-refractivity contribution in [2.45, 2.75) is 32.2 Å². The highest BCUT2D eigenvalue weighted by Crippen LogP contribution is 2.24. The van der Waals surface area contributed by atoms with E-state index < -0.39 is 0 Å². The van der Waals surface area contributed by atoms with E-state index in [4.69, 9.17) is 5.73 Å². The highest BCUT2D eigenvalue weighted by Gasteiger charge is 2.19. The average molecular weight is 267 g/mol. The number of likely N-dealkylation sites (N-methyl/N-ethyl adjacent to an activating group) is 1. The normalized spacial score (nSPS) is 25.1. The molecule has 1 aliphatic carbocycles. The van der Waals surface area contributed by atoms with Gasteiger partial charge in [-0.3, -0.25) is 9.89 Å². The number of rotatable bonds is 5. The highest BCUT2D eigenvalue weighted by atomic mass is 15.3. The molecule has 3 N–H and O–H groups in total. The predicted octanol–water partition coefficient (Wildman–Crippen LogP) is 0.327. The Bertz CT molecular complexity index is 292. The Balaban J connectivity index is 1.64. The summed E-state index contributed by atoms with van der Waals surface area (Å²) in [5.41, 5.74) is 5.91. The minimum Gasteiger partial charge on any atom is -0.370 e. The van der Waals surface area contributed by atoms with Gasteiger partial charge in [0.1, 0.15) is 0 Å². The van der Waals surface area contributed by atoms with Crippen molar-refractivity contribution < 1.29 is 0 Å². The summed E-state index contributed by atoms with van der Waals surface area (Å²) in [5, 5.41) is 3.25. The first-order valence-corrected chi connectivity index (χ1v) is 7.61. The highest BCUT2D eigenvalue weighted by molar-refractivity contribution is 5.77. The monoisotopic (exact) mass is 267 g/mol. The summed E-state index contributed by atoms with van der Waals surface area (Å²) in [6.07, 6.45) is 4.07. The van der Waals surface area contributed by atoms with Crippen LogP contribution >= 0.6 is 0 Å². The Morgan fingerprint density at radius 2 is 2.00 bits per heavy atom. The summed E-state index contributed by atoms with van der Waals surface area (Å²) < 4.78 is 0. The Morgan fingerprint density at radius 3 is 2.58 bits per heavy atom. The van der Waals surface area contributed by atoms with Gasteiger partial charge < -0.3 is 16.0 Å². The molecule has 0 aromatic carbocycles. The van der Waals surface area contributed by atoms with Crippen molar-refractivity contribution in [1.82, 2.24) is 15.1 Å². The van der Waals surface area contributed by atoms with Crippen LogP contribution in [0.3, 0.4) is 0 Å². The van der Waals surface area contributed by atoms with Gasteiger partial charge in [0.05, 0.1) is 6.54 Å². The van der Waals surface area contributed by atoms with E-state index in [0.717, 1.165) is 45.2 Å². The zero-order valence-corrected chi connectivity index (χ0v) is 12.4. The van der Waals surface area contributed by atoms with Gasteiger partial charge >= 0.3 is 0 Å². The summed E-state index contributed by atoms with van der Waals surface area (Å²) in [4.78, 5) is 9.36. The van der Waals surface area contributed by atoms with Gasteiger partial charge in [-0.25, -0.2) is 0 Å². The lowest BCUT2D eigenvalue weighted by atomic mass is 9.85. The lowest BCUT2D eigenvalue weighted by Crippen LogP contribution is -2.49. The van der Waals surface area contributed by atoms with E-state index in [2.05, 4.69) is 34.1 Å². The lowest BCUT2D eigenvalue weighted by molar-refractivity contribution is 0.122. The van der Waals surface area contributed by atoms with E-state index in [1.807, 2.05) is 0 Å². The van der Waals surface area contributed by atoms with E-state index in [0.29, 0.717) is 12.0 Å². The topological polar surface area (TPSA) is 56.9 Å². The van der Waals surface area contributed by atoms with Crippen molar-refractivity contribution >= 4 is 5.96 Å². The Kier molecular flexibility index (Phi) is 5.45. The molecule has 1 heterocycles. The molecule has 2 rings (SSSR count). The van der Waals surface area contributed by atoms with E-state index in [-0.39, 0.29) is 0 Å². The van der Waals surface area contributed by atoms with Crippen LogP contribution < -0.4 is 11.1 Å². The van der Waals surface area contributed by atoms with E-state index in [9.17, 15) is 0 Å². The van der Waals surface area contributed by atoms with Crippen LogP contribution in [0.15, 0.2) is 4.99 Å². The van der Waals surface area contributed by atoms with Gasteiger partial charge in [-0.1, -0.05) is 6.42 Å². The lowest BCUT2D eigenvalue weighted by Gasteiger charge is -2.35. The molecule has 5 heteroatoms. The summed E-state index contributed by atoms with van der Waals surface area (Å²) in [7, 11) is 2.18. The Hall–Kier alpha value is -0.810. The van der Waals surface area contributed by atoms with Gasteiger partial charge in [0.25, 0.3) is 0 Å². The van der Waals surface area contributed by atoms with Crippen LogP contribution in [0.1, 0.15) is 26.2 Å². The molecule has 1 atom stereocenters. The summed E-state index contributed by atoms with van der Waals surface area (Å²) in [6.45, 7) is 8.64. The fraction of sp³-hybridized carbons (Fsp3) is 0.929. The molecule has 0 bridgehead atoms. The van der Waals surface area contributed by atoms with Gasteiger partial charge in [-0.2, -0.15) is 0 Å². The minimum absolute atomic E-state index is 0.484. The SMILES string of the molecule is CC(CN=C(N)NCC1CCC1)N1CCN(C)CC1. The van der Waals surface area contributed by atoms with Crippen LogP contribution in [-0.2, 0) is 0 Å². The maximum absolute atomic E-state index is 5.91. The van der Waals surface area contributed by atoms with Crippen LogP contribution in [0, 0.1) is 5.92 Å². The standard InChI is InChI=1S/C14H29N5/c1-12(19-8-6-18(2)7-9-19)10-16-14(15)17-11-13-4-3-5-13/h12-13H,3-11H2,1-2H3,(H3,15,16,17). The maximum Gasteiger partial charge on any atom is 0.188 e. The molecule has 0 amide bonds. The molecule has 1 saturated carbocycles. The number of guanidine groups is 1. The number of aliphatic imine (C=N–C) groups is 1.